The van der Waals surface area contributed by atoms with Gasteiger partial charge in [-0.15, -0.1) is 0 Å². The standard InChI is InChI=1S/C12H13NO3/c1-3-6-16-12(15)10-5-4-9(13)7-11(10)8(2)14/h3-5,7H,1,6,13H2,2H3. The van der Waals surface area contributed by atoms with Crippen LogP contribution in [0.3, 0.4) is 0 Å². The van der Waals surface area contributed by atoms with E-state index in [-0.39, 0.29) is 23.5 Å². The normalized spacial score (nSPS) is 9.56. The summed E-state index contributed by atoms with van der Waals surface area (Å²) in [5.74, 6) is -0.775. The predicted molar refractivity (Wildman–Crippen MR) is 61.3 cm³/mol. The molecule has 0 aromatic heterocycles. The SMILES string of the molecule is C=CCOC(=O)c1ccc(N)cc1C(C)=O. The molecule has 0 radical (unpaired) electrons. The maximum Gasteiger partial charge on any atom is 0.339 e. The monoisotopic (exact) mass is 219 g/mol. The molecule has 0 aliphatic heterocycles. The minimum Gasteiger partial charge on any atom is -0.458 e. The van der Waals surface area contributed by atoms with Gasteiger partial charge in [-0.3, -0.25) is 4.79 Å². The highest BCUT2D eigenvalue weighted by molar-refractivity contribution is 6.06. The van der Waals surface area contributed by atoms with Crippen molar-refractivity contribution in [3.05, 3.63) is 42.0 Å². The molecule has 1 rings (SSSR count). The van der Waals surface area contributed by atoms with E-state index in [0.29, 0.717) is 5.69 Å². The number of rotatable bonds is 4. The van der Waals surface area contributed by atoms with Crippen LogP contribution in [0.4, 0.5) is 5.69 Å². The summed E-state index contributed by atoms with van der Waals surface area (Å²) in [5.41, 5.74) is 6.48. The fourth-order valence-corrected chi connectivity index (χ4v) is 1.24. The lowest BCUT2D eigenvalue weighted by Crippen LogP contribution is -2.11. The highest BCUT2D eigenvalue weighted by atomic mass is 16.5. The summed E-state index contributed by atoms with van der Waals surface area (Å²) in [6.07, 6.45) is 1.46. The molecule has 0 aliphatic carbocycles. The van der Waals surface area contributed by atoms with E-state index in [1.54, 1.807) is 6.07 Å². The lowest BCUT2D eigenvalue weighted by Gasteiger charge is -2.07. The fraction of sp³-hybridized carbons (Fsp3) is 0.167. The van der Waals surface area contributed by atoms with Crippen LogP contribution in [0.2, 0.25) is 0 Å². The van der Waals surface area contributed by atoms with Crippen molar-refractivity contribution in [2.24, 2.45) is 0 Å². The van der Waals surface area contributed by atoms with Crippen LogP contribution in [0, 0.1) is 0 Å². The second kappa shape index (κ2) is 5.11. The first-order chi connectivity index (χ1) is 7.56. The smallest absolute Gasteiger partial charge is 0.339 e. The van der Waals surface area contributed by atoms with Gasteiger partial charge in [0, 0.05) is 11.3 Å². The number of Topliss-reactive ketones (excluding diaryl/α,β-unsaturated/α-hetero) is 1. The predicted octanol–water partition coefficient (Wildman–Crippen LogP) is 1.81. The molecule has 16 heavy (non-hydrogen) atoms. The van der Waals surface area contributed by atoms with Crippen molar-refractivity contribution >= 4 is 17.4 Å². The molecule has 4 nitrogen and oxygen atoms in total. The van der Waals surface area contributed by atoms with Crippen molar-refractivity contribution in [1.82, 2.24) is 0 Å². The van der Waals surface area contributed by atoms with Crippen LogP contribution < -0.4 is 5.73 Å². The number of esters is 1. The highest BCUT2D eigenvalue weighted by Gasteiger charge is 2.15. The lowest BCUT2D eigenvalue weighted by molar-refractivity contribution is 0.0546. The van der Waals surface area contributed by atoms with Gasteiger partial charge in [0.15, 0.2) is 5.78 Å². The molecule has 0 amide bonds. The zero-order valence-corrected chi connectivity index (χ0v) is 9.03. The Kier molecular flexibility index (Phi) is 3.83. The average molecular weight is 219 g/mol. The Morgan fingerprint density at radius 1 is 1.44 bits per heavy atom. The highest BCUT2D eigenvalue weighted by Crippen LogP contribution is 2.15. The van der Waals surface area contributed by atoms with Gasteiger partial charge >= 0.3 is 5.97 Å². The summed E-state index contributed by atoms with van der Waals surface area (Å²) in [5, 5.41) is 0. The number of carbonyl (C=O) groups is 2. The number of nitrogen functional groups attached to an aromatic ring is 1. The van der Waals surface area contributed by atoms with Crippen molar-refractivity contribution < 1.29 is 14.3 Å². The van der Waals surface area contributed by atoms with Gasteiger partial charge in [-0.2, -0.15) is 0 Å². The first kappa shape index (κ1) is 12.0. The number of ketones is 1. The number of nitrogens with two attached hydrogens (primary N) is 1. The summed E-state index contributed by atoms with van der Waals surface area (Å²) in [6, 6.07) is 4.50. The molecule has 1 aromatic carbocycles. The van der Waals surface area contributed by atoms with Crippen LogP contribution >= 0.6 is 0 Å². The Morgan fingerprint density at radius 3 is 2.69 bits per heavy atom. The molecule has 0 spiro atoms. The third-order valence-electron chi connectivity index (χ3n) is 1.98. The third-order valence-corrected chi connectivity index (χ3v) is 1.98. The Hall–Kier alpha value is -2.10. The maximum absolute atomic E-state index is 11.6. The topological polar surface area (TPSA) is 69.4 Å². The summed E-state index contributed by atoms with van der Waals surface area (Å²) < 4.78 is 4.86. The Morgan fingerprint density at radius 2 is 2.12 bits per heavy atom. The van der Waals surface area contributed by atoms with Crippen molar-refractivity contribution in [3.8, 4) is 0 Å². The number of hydrogen-bond acceptors (Lipinski definition) is 4. The molecule has 0 bridgehead atoms. The zero-order valence-electron chi connectivity index (χ0n) is 9.03. The first-order valence-electron chi connectivity index (χ1n) is 4.74. The van der Waals surface area contributed by atoms with Crippen LogP contribution in [-0.2, 0) is 4.74 Å². The minimum absolute atomic E-state index is 0.112. The lowest BCUT2D eigenvalue weighted by atomic mass is 10.0. The number of anilines is 1. The van der Waals surface area contributed by atoms with Gasteiger partial charge in [-0.25, -0.2) is 4.79 Å². The Labute approximate surface area is 93.7 Å². The van der Waals surface area contributed by atoms with Gasteiger partial charge in [0.05, 0.1) is 5.56 Å². The second-order valence-electron chi connectivity index (χ2n) is 3.25. The van der Waals surface area contributed by atoms with Crippen LogP contribution in [0.25, 0.3) is 0 Å². The van der Waals surface area contributed by atoms with E-state index in [2.05, 4.69) is 6.58 Å². The quantitative estimate of drug-likeness (QED) is 0.363. The molecule has 2 N–H and O–H groups in total. The molecular formula is C12H13NO3. The molecule has 0 saturated carbocycles. The van der Waals surface area contributed by atoms with Crippen LogP contribution in [0.15, 0.2) is 30.9 Å². The Bertz CT molecular complexity index is 438. The molecule has 84 valence electrons. The number of hydrogen-bond donors (Lipinski definition) is 1. The summed E-state index contributed by atoms with van der Waals surface area (Å²) in [6.45, 7) is 4.92. The van der Waals surface area contributed by atoms with E-state index in [1.807, 2.05) is 0 Å². The molecule has 0 saturated heterocycles. The molecule has 0 fully saturated rings. The second-order valence-corrected chi connectivity index (χ2v) is 3.25. The molecule has 4 heteroatoms. The van der Waals surface area contributed by atoms with Gasteiger partial charge in [0.25, 0.3) is 0 Å². The summed E-state index contributed by atoms with van der Waals surface area (Å²) >= 11 is 0. The summed E-state index contributed by atoms with van der Waals surface area (Å²) in [7, 11) is 0. The van der Waals surface area contributed by atoms with Crippen molar-refractivity contribution in [1.29, 1.82) is 0 Å². The van der Waals surface area contributed by atoms with Crippen LogP contribution in [0.1, 0.15) is 27.6 Å². The Balaban J connectivity index is 3.07. The number of carbonyl (C=O) groups excluding carboxylic acids is 2. The van der Waals surface area contributed by atoms with Crippen molar-refractivity contribution in [2.75, 3.05) is 12.3 Å². The largest absolute Gasteiger partial charge is 0.458 e. The van der Waals surface area contributed by atoms with Gasteiger partial charge in [-0.1, -0.05) is 12.7 Å². The zero-order chi connectivity index (χ0) is 12.1. The fourth-order valence-electron chi connectivity index (χ4n) is 1.24. The summed E-state index contributed by atoms with van der Waals surface area (Å²) in [4.78, 5) is 22.9. The average Bonchev–Trinajstić information content (AvgIpc) is 2.25. The first-order valence-corrected chi connectivity index (χ1v) is 4.74. The van der Waals surface area contributed by atoms with E-state index in [9.17, 15) is 9.59 Å². The van der Waals surface area contributed by atoms with E-state index >= 15 is 0 Å². The van der Waals surface area contributed by atoms with E-state index < -0.39 is 5.97 Å². The number of benzene rings is 1. The van der Waals surface area contributed by atoms with E-state index in [1.165, 1.54) is 25.1 Å². The van der Waals surface area contributed by atoms with E-state index in [4.69, 9.17) is 10.5 Å². The molecule has 0 aliphatic rings. The molecule has 0 unspecified atom stereocenters. The maximum atomic E-state index is 11.6. The van der Waals surface area contributed by atoms with Gasteiger partial charge in [0.1, 0.15) is 6.61 Å². The minimum atomic E-state index is -0.551. The van der Waals surface area contributed by atoms with Gasteiger partial charge < -0.3 is 10.5 Å². The molecular weight excluding hydrogens is 206 g/mol. The molecule has 0 atom stereocenters. The molecule has 1 aromatic rings. The van der Waals surface area contributed by atoms with Crippen molar-refractivity contribution in [2.45, 2.75) is 6.92 Å². The van der Waals surface area contributed by atoms with Crippen molar-refractivity contribution in [3.63, 3.8) is 0 Å². The van der Waals surface area contributed by atoms with Crippen LogP contribution in [-0.4, -0.2) is 18.4 Å². The van der Waals surface area contributed by atoms with Gasteiger partial charge in [0.2, 0.25) is 0 Å². The van der Waals surface area contributed by atoms with Gasteiger partial charge in [-0.05, 0) is 25.1 Å². The third kappa shape index (κ3) is 2.70. The van der Waals surface area contributed by atoms with Crippen LogP contribution in [0.5, 0.6) is 0 Å². The molecule has 0 heterocycles. The number of ether oxygens (including phenoxy) is 1. The van der Waals surface area contributed by atoms with E-state index in [0.717, 1.165) is 0 Å².